The zero-order valence-corrected chi connectivity index (χ0v) is 18.4. The van der Waals surface area contributed by atoms with Gasteiger partial charge in [0, 0.05) is 57.7 Å². The number of nitrogen functional groups attached to an aromatic ring is 1. The van der Waals surface area contributed by atoms with Crippen molar-refractivity contribution >= 4 is 17.3 Å². The summed E-state index contributed by atoms with van der Waals surface area (Å²) in [5, 5.41) is 4.50. The van der Waals surface area contributed by atoms with Gasteiger partial charge in [-0.1, -0.05) is 36.4 Å². The van der Waals surface area contributed by atoms with Gasteiger partial charge in [0.25, 0.3) is 0 Å². The molecule has 164 valence electrons. The van der Waals surface area contributed by atoms with Crippen molar-refractivity contribution in [1.29, 1.82) is 0 Å². The lowest BCUT2D eigenvalue weighted by atomic mass is 10.1. The van der Waals surface area contributed by atoms with Crippen LogP contribution in [0.15, 0.2) is 55.0 Å². The number of anilines is 2. The molecule has 2 N–H and O–H groups in total. The maximum Gasteiger partial charge on any atom is 0.196 e. The molecule has 32 heavy (non-hydrogen) atoms. The molecule has 3 aromatic heterocycles. The van der Waals surface area contributed by atoms with Crippen LogP contribution < -0.4 is 10.6 Å². The molecule has 4 heterocycles. The summed E-state index contributed by atoms with van der Waals surface area (Å²) in [5.41, 5.74) is 10.3. The number of aryl methyl sites for hydroxylation is 1. The Morgan fingerprint density at radius 2 is 1.81 bits per heavy atom. The summed E-state index contributed by atoms with van der Waals surface area (Å²) in [6.07, 6.45) is 7.07. The number of pyridine rings is 1. The van der Waals surface area contributed by atoms with E-state index in [4.69, 9.17) is 10.7 Å². The summed E-state index contributed by atoms with van der Waals surface area (Å²) >= 11 is 0. The number of nitrogens with zero attached hydrogens (tertiary/aromatic N) is 7. The maximum atomic E-state index is 6.01. The van der Waals surface area contributed by atoms with Gasteiger partial charge in [0.2, 0.25) is 0 Å². The molecule has 8 heteroatoms. The fraction of sp³-hybridized carbons (Fsp3) is 0.333. The molecule has 0 unspecified atom stereocenters. The third-order valence-corrected chi connectivity index (χ3v) is 6.02. The Hall–Kier alpha value is -3.52. The number of piperazine rings is 1. The van der Waals surface area contributed by atoms with Gasteiger partial charge in [-0.2, -0.15) is 5.10 Å². The van der Waals surface area contributed by atoms with Crippen LogP contribution in [0.1, 0.15) is 22.5 Å². The number of imidazole rings is 1. The molecule has 1 fully saturated rings. The van der Waals surface area contributed by atoms with Crippen molar-refractivity contribution in [2.45, 2.75) is 19.8 Å². The Balaban J connectivity index is 1.20. The largest absolute Gasteiger partial charge is 0.380 e. The predicted molar refractivity (Wildman–Crippen MR) is 126 cm³/mol. The first-order valence-corrected chi connectivity index (χ1v) is 11.1. The van der Waals surface area contributed by atoms with E-state index in [-0.39, 0.29) is 0 Å². The lowest BCUT2D eigenvalue weighted by molar-refractivity contribution is 0.260. The van der Waals surface area contributed by atoms with Crippen LogP contribution in [0.2, 0.25) is 0 Å². The van der Waals surface area contributed by atoms with Gasteiger partial charge in [-0.3, -0.25) is 4.90 Å². The summed E-state index contributed by atoms with van der Waals surface area (Å²) in [6.45, 7) is 7.36. The van der Waals surface area contributed by atoms with Crippen LogP contribution >= 0.6 is 0 Å². The monoisotopic (exact) mass is 428 g/mol. The minimum Gasteiger partial charge on any atom is -0.380 e. The van der Waals surface area contributed by atoms with Gasteiger partial charge in [-0.25, -0.2) is 19.5 Å². The number of fused-ring (bicyclic) bond motifs is 1. The van der Waals surface area contributed by atoms with Crippen LogP contribution in [0, 0.1) is 6.92 Å². The molecular formula is C24H28N8. The Bertz CT molecular complexity index is 1200. The molecular weight excluding hydrogens is 400 g/mol. The lowest BCUT2D eigenvalue weighted by Crippen LogP contribution is -2.47. The quantitative estimate of drug-likeness (QED) is 0.504. The number of rotatable bonds is 6. The third kappa shape index (κ3) is 4.40. The minimum absolute atomic E-state index is 0.395. The first kappa shape index (κ1) is 20.4. The normalized spacial score (nSPS) is 14.8. The van der Waals surface area contributed by atoms with Crippen LogP contribution in [-0.2, 0) is 12.8 Å². The second-order valence-corrected chi connectivity index (χ2v) is 8.33. The van der Waals surface area contributed by atoms with E-state index >= 15 is 0 Å². The summed E-state index contributed by atoms with van der Waals surface area (Å²) < 4.78 is 1.67. The highest BCUT2D eigenvalue weighted by molar-refractivity contribution is 5.58. The first-order chi connectivity index (χ1) is 15.7. The Morgan fingerprint density at radius 1 is 1.00 bits per heavy atom. The summed E-state index contributed by atoms with van der Waals surface area (Å²) in [5.74, 6) is 2.13. The first-order valence-electron chi connectivity index (χ1n) is 11.1. The molecule has 0 amide bonds. The van der Waals surface area contributed by atoms with Gasteiger partial charge in [-0.15, -0.1) is 0 Å². The van der Waals surface area contributed by atoms with E-state index < -0.39 is 0 Å². The maximum absolute atomic E-state index is 6.01. The Morgan fingerprint density at radius 3 is 2.59 bits per heavy atom. The van der Waals surface area contributed by atoms with Crippen LogP contribution in [0.5, 0.6) is 0 Å². The van der Waals surface area contributed by atoms with Crippen molar-refractivity contribution in [1.82, 2.24) is 29.5 Å². The van der Waals surface area contributed by atoms with Crippen LogP contribution in [0.25, 0.3) is 5.65 Å². The molecule has 4 aromatic rings. The number of nitrogens with two attached hydrogens (primary N) is 1. The predicted octanol–water partition coefficient (Wildman–Crippen LogP) is 2.37. The molecule has 1 aliphatic rings. The zero-order valence-electron chi connectivity index (χ0n) is 18.4. The molecule has 0 atom stereocenters. The highest BCUT2D eigenvalue weighted by atomic mass is 15.3. The van der Waals surface area contributed by atoms with Crippen molar-refractivity contribution in [3.63, 3.8) is 0 Å². The molecule has 0 bridgehead atoms. The molecule has 0 aliphatic carbocycles. The van der Waals surface area contributed by atoms with Crippen molar-refractivity contribution in [2.75, 3.05) is 43.4 Å². The average molecular weight is 429 g/mol. The minimum atomic E-state index is 0.395. The van der Waals surface area contributed by atoms with Crippen LogP contribution in [0.3, 0.4) is 0 Å². The van der Waals surface area contributed by atoms with E-state index in [0.717, 1.165) is 50.5 Å². The highest BCUT2D eigenvalue weighted by Gasteiger charge is 2.19. The van der Waals surface area contributed by atoms with Crippen molar-refractivity contribution in [3.05, 3.63) is 77.5 Å². The van der Waals surface area contributed by atoms with Gasteiger partial charge in [-0.05, 0) is 30.0 Å². The fourth-order valence-electron chi connectivity index (χ4n) is 4.32. The molecule has 1 aliphatic heterocycles. The van der Waals surface area contributed by atoms with Gasteiger partial charge in [0.05, 0.1) is 0 Å². The SMILES string of the molecule is Cc1cc(Cc2nc(N)c3nccn3n2)cnc1N1CCN(CCc2ccccc2)CC1. The number of benzene rings is 1. The average Bonchev–Trinajstić information content (AvgIpc) is 3.28. The second kappa shape index (κ2) is 8.92. The van der Waals surface area contributed by atoms with E-state index in [1.807, 2.05) is 6.20 Å². The molecule has 1 aromatic carbocycles. The topological polar surface area (TPSA) is 88.5 Å². The molecule has 0 spiro atoms. The zero-order chi connectivity index (χ0) is 21.9. The molecule has 1 saturated heterocycles. The third-order valence-electron chi connectivity index (χ3n) is 6.02. The van der Waals surface area contributed by atoms with E-state index in [0.29, 0.717) is 23.7 Å². The number of hydrogen-bond acceptors (Lipinski definition) is 7. The smallest absolute Gasteiger partial charge is 0.196 e. The molecule has 0 radical (unpaired) electrons. The number of hydrogen-bond donors (Lipinski definition) is 1. The second-order valence-electron chi connectivity index (χ2n) is 8.33. The van der Waals surface area contributed by atoms with Crippen molar-refractivity contribution < 1.29 is 0 Å². The van der Waals surface area contributed by atoms with Crippen LogP contribution in [0.4, 0.5) is 11.6 Å². The van der Waals surface area contributed by atoms with E-state index in [9.17, 15) is 0 Å². The Labute approximate surface area is 187 Å². The fourth-order valence-corrected chi connectivity index (χ4v) is 4.32. The van der Waals surface area contributed by atoms with Gasteiger partial charge in [0.1, 0.15) is 5.82 Å². The summed E-state index contributed by atoms with van der Waals surface area (Å²) in [7, 11) is 0. The highest BCUT2D eigenvalue weighted by Crippen LogP contribution is 2.21. The standard InChI is InChI=1S/C24H28N8/c1-18-15-20(16-21-28-22(25)24-26-8-10-32(24)29-21)17-27-23(18)31-13-11-30(12-14-31)9-7-19-5-3-2-4-6-19/h2-6,8,10,15,17H,7,9,11-14,16H2,1H3,(H2,25,28,29). The van der Waals surface area contributed by atoms with Gasteiger partial charge >= 0.3 is 0 Å². The Kier molecular flexibility index (Phi) is 5.68. The van der Waals surface area contributed by atoms with Crippen molar-refractivity contribution in [2.24, 2.45) is 0 Å². The van der Waals surface area contributed by atoms with Gasteiger partial charge in [0.15, 0.2) is 17.3 Å². The van der Waals surface area contributed by atoms with E-state index in [2.05, 4.69) is 68.2 Å². The van der Waals surface area contributed by atoms with E-state index in [1.54, 1.807) is 16.9 Å². The molecule has 0 saturated carbocycles. The molecule has 8 nitrogen and oxygen atoms in total. The number of aromatic nitrogens is 5. The van der Waals surface area contributed by atoms with Crippen molar-refractivity contribution in [3.8, 4) is 0 Å². The van der Waals surface area contributed by atoms with Gasteiger partial charge < -0.3 is 10.6 Å². The lowest BCUT2D eigenvalue weighted by Gasteiger charge is -2.36. The summed E-state index contributed by atoms with van der Waals surface area (Å²) in [4.78, 5) is 18.3. The van der Waals surface area contributed by atoms with E-state index in [1.165, 1.54) is 11.1 Å². The van der Waals surface area contributed by atoms with Crippen LogP contribution in [-0.4, -0.2) is 62.2 Å². The molecule has 5 rings (SSSR count). The summed E-state index contributed by atoms with van der Waals surface area (Å²) in [6, 6.07) is 12.9.